The fourth-order valence-electron chi connectivity index (χ4n) is 1.77. The Labute approximate surface area is 135 Å². The second-order valence-corrected chi connectivity index (χ2v) is 4.52. The van der Waals surface area contributed by atoms with E-state index in [2.05, 4.69) is 20.4 Å². The first-order valence-corrected chi connectivity index (χ1v) is 6.80. The third-order valence-electron chi connectivity index (χ3n) is 2.88. The summed E-state index contributed by atoms with van der Waals surface area (Å²) < 4.78 is 0. The smallest absolute Gasteiger partial charge is 0.414 e. The van der Waals surface area contributed by atoms with Crippen LogP contribution in [0.15, 0.2) is 60.9 Å². The maximum absolute atomic E-state index is 9.10. The van der Waals surface area contributed by atoms with Gasteiger partial charge in [-0.15, -0.1) is 0 Å². The summed E-state index contributed by atoms with van der Waals surface area (Å²) in [6, 6.07) is 16.0. The number of hydrogen-bond acceptors (Lipinski definition) is 4. The third kappa shape index (κ3) is 4.67. The number of nitrogens with zero attached hydrogens (tertiary/aromatic N) is 2. The van der Waals surface area contributed by atoms with Crippen LogP contribution < -0.4 is 0 Å². The van der Waals surface area contributed by atoms with Crippen LogP contribution in [0.4, 0.5) is 0 Å². The topological polar surface area (TPSA) is 132 Å². The van der Waals surface area contributed by atoms with Crippen molar-refractivity contribution >= 4 is 33.7 Å². The molecule has 4 rings (SSSR count). The van der Waals surface area contributed by atoms with Crippen LogP contribution >= 0.6 is 0 Å². The van der Waals surface area contributed by atoms with E-state index in [1.807, 2.05) is 60.9 Å². The molecule has 0 bridgehead atoms. The number of carboxylic acid groups (broad SMARTS) is 2. The molecule has 4 aromatic rings. The van der Waals surface area contributed by atoms with E-state index in [0.717, 1.165) is 21.8 Å². The fraction of sp³-hybridized carbons (Fsp3) is 0. The number of aliphatic carboxylic acids is 2. The summed E-state index contributed by atoms with van der Waals surface area (Å²) in [6.45, 7) is 0. The van der Waals surface area contributed by atoms with E-state index in [1.165, 1.54) is 0 Å². The number of aromatic nitrogens is 4. The van der Waals surface area contributed by atoms with Gasteiger partial charge in [-0.3, -0.25) is 10.2 Å². The zero-order chi connectivity index (χ0) is 17.4. The van der Waals surface area contributed by atoms with Gasteiger partial charge < -0.3 is 10.2 Å². The Kier molecular flexibility index (Phi) is 5.62. The number of benzene rings is 2. The van der Waals surface area contributed by atoms with Gasteiger partial charge in [0.2, 0.25) is 0 Å². The van der Waals surface area contributed by atoms with Gasteiger partial charge in [-0.25, -0.2) is 9.59 Å². The van der Waals surface area contributed by atoms with E-state index in [9.17, 15) is 0 Å². The van der Waals surface area contributed by atoms with E-state index in [4.69, 9.17) is 19.8 Å². The Morgan fingerprint density at radius 1 is 0.708 bits per heavy atom. The molecule has 0 aliphatic rings. The summed E-state index contributed by atoms with van der Waals surface area (Å²) in [5.74, 6) is -3.65. The Balaban J connectivity index is 0.000000134. The first kappa shape index (κ1) is 16.7. The molecule has 0 fully saturated rings. The molecule has 0 aliphatic carbocycles. The van der Waals surface area contributed by atoms with Crippen molar-refractivity contribution in [3.8, 4) is 0 Å². The molecule has 0 radical (unpaired) electrons. The van der Waals surface area contributed by atoms with Crippen LogP contribution in [0.25, 0.3) is 21.8 Å². The lowest BCUT2D eigenvalue weighted by Gasteiger charge is -1.81. The highest BCUT2D eigenvalue weighted by Crippen LogP contribution is 2.07. The monoisotopic (exact) mass is 326 g/mol. The second-order valence-electron chi connectivity index (χ2n) is 4.52. The minimum absolute atomic E-state index is 1.09. The number of aromatic amines is 2. The van der Waals surface area contributed by atoms with Crippen molar-refractivity contribution in [1.29, 1.82) is 0 Å². The number of rotatable bonds is 0. The first-order valence-electron chi connectivity index (χ1n) is 6.80. The Morgan fingerprint density at radius 3 is 1.42 bits per heavy atom. The van der Waals surface area contributed by atoms with E-state index in [-0.39, 0.29) is 0 Å². The summed E-state index contributed by atoms with van der Waals surface area (Å²) >= 11 is 0. The van der Waals surface area contributed by atoms with Crippen LogP contribution in [-0.2, 0) is 9.59 Å². The average Bonchev–Trinajstić information content (AvgIpc) is 3.24. The molecular formula is C16H14N4O4. The van der Waals surface area contributed by atoms with Gasteiger partial charge in [0.25, 0.3) is 0 Å². The van der Waals surface area contributed by atoms with Crippen molar-refractivity contribution in [1.82, 2.24) is 20.4 Å². The maximum atomic E-state index is 9.10. The zero-order valence-electron chi connectivity index (χ0n) is 12.4. The minimum atomic E-state index is -1.82. The van der Waals surface area contributed by atoms with Gasteiger partial charge in [0.1, 0.15) is 0 Å². The summed E-state index contributed by atoms with van der Waals surface area (Å²) in [4.78, 5) is 18.2. The van der Waals surface area contributed by atoms with E-state index < -0.39 is 11.9 Å². The van der Waals surface area contributed by atoms with Crippen LogP contribution in [0.1, 0.15) is 0 Å². The molecule has 0 unspecified atom stereocenters. The molecule has 8 nitrogen and oxygen atoms in total. The van der Waals surface area contributed by atoms with Crippen LogP contribution in [0, 0.1) is 0 Å². The molecule has 2 heterocycles. The van der Waals surface area contributed by atoms with Crippen LogP contribution in [0.3, 0.4) is 0 Å². The van der Waals surface area contributed by atoms with Gasteiger partial charge in [-0.2, -0.15) is 10.2 Å². The van der Waals surface area contributed by atoms with Crippen molar-refractivity contribution in [3.63, 3.8) is 0 Å². The molecule has 0 saturated heterocycles. The molecule has 0 aliphatic heterocycles. The highest BCUT2D eigenvalue weighted by Gasteiger charge is 2.04. The summed E-state index contributed by atoms with van der Waals surface area (Å²) in [5.41, 5.74) is 2.19. The molecule has 8 heteroatoms. The minimum Gasteiger partial charge on any atom is -0.473 e. The van der Waals surface area contributed by atoms with Crippen molar-refractivity contribution in [3.05, 3.63) is 60.9 Å². The highest BCUT2D eigenvalue weighted by molar-refractivity contribution is 6.27. The molecule has 2 aromatic carbocycles. The number of hydrogen-bond donors (Lipinski definition) is 4. The first-order chi connectivity index (χ1) is 11.6. The number of fused-ring (bicyclic) bond motifs is 2. The average molecular weight is 326 g/mol. The second kappa shape index (κ2) is 8.08. The predicted molar refractivity (Wildman–Crippen MR) is 87.5 cm³/mol. The summed E-state index contributed by atoms with van der Waals surface area (Å²) in [7, 11) is 0. The van der Waals surface area contributed by atoms with Crippen molar-refractivity contribution in [2.75, 3.05) is 0 Å². The zero-order valence-corrected chi connectivity index (χ0v) is 12.4. The van der Waals surface area contributed by atoms with Gasteiger partial charge in [-0.1, -0.05) is 36.4 Å². The Hall–Kier alpha value is -3.68. The lowest BCUT2D eigenvalue weighted by atomic mass is 10.3. The van der Waals surface area contributed by atoms with Crippen molar-refractivity contribution in [2.45, 2.75) is 0 Å². The van der Waals surface area contributed by atoms with Gasteiger partial charge in [0, 0.05) is 10.8 Å². The summed E-state index contributed by atoms with van der Waals surface area (Å²) in [5, 5.41) is 30.6. The quantitative estimate of drug-likeness (QED) is 0.366. The van der Waals surface area contributed by atoms with Gasteiger partial charge in [-0.05, 0) is 12.1 Å². The Bertz CT molecular complexity index is 807. The number of nitrogens with one attached hydrogen (secondary N) is 2. The molecule has 2 aromatic heterocycles. The highest BCUT2D eigenvalue weighted by atomic mass is 16.4. The molecule has 0 saturated carbocycles. The third-order valence-corrected chi connectivity index (χ3v) is 2.88. The van der Waals surface area contributed by atoms with Crippen LogP contribution in [0.5, 0.6) is 0 Å². The largest absolute Gasteiger partial charge is 0.473 e. The standard InChI is InChI=1S/2C7H6N2.C2H2O4/c2*1-2-4-7-6(3-1)5-8-9-7;3-1(4)2(5)6/h2*1-5H,(H,8,9);(H,3,4)(H,5,6). The lowest BCUT2D eigenvalue weighted by molar-refractivity contribution is -0.159. The normalized spacial score (nSPS) is 9.50. The van der Waals surface area contributed by atoms with Gasteiger partial charge in [0.05, 0.1) is 23.4 Å². The Morgan fingerprint density at radius 2 is 1.08 bits per heavy atom. The van der Waals surface area contributed by atoms with Gasteiger partial charge in [0.15, 0.2) is 0 Å². The maximum Gasteiger partial charge on any atom is 0.414 e. The molecule has 0 atom stereocenters. The summed E-state index contributed by atoms with van der Waals surface area (Å²) in [6.07, 6.45) is 3.63. The van der Waals surface area contributed by atoms with Crippen molar-refractivity contribution in [2.24, 2.45) is 0 Å². The number of carboxylic acids is 2. The van der Waals surface area contributed by atoms with Crippen LogP contribution in [0.2, 0.25) is 0 Å². The fourth-order valence-corrected chi connectivity index (χ4v) is 1.77. The number of H-pyrrole nitrogens is 2. The molecule has 0 amide bonds. The molecule has 122 valence electrons. The molecule has 24 heavy (non-hydrogen) atoms. The number of carbonyl (C=O) groups is 2. The lowest BCUT2D eigenvalue weighted by Crippen LogP contribution is -2.09. The van der Waals surface area contributed by atoms with E-state index >= 15 is 0 Å². The molecule has 4 N–H and O–H groups in total. The van der Waals surface area contributed by atoms with E-state index in [1.54, 1.807) is 0 Å². The molecule has 0 spiro atoms. The predicted octanol–water partition coefficient (Wildman–Crippen LogP) is 2.28. The van der Waals surface area contributed by atoms with E-state index in [0.29, 0.717) is 0 Å². The SMILES string of the molecule is O=C(O)C(=O)O.c1ccc2[nH]ncc2c1.c1ccc2[nH]ncc2c1. The van der Waals surface area contributed by atoms with Crippen LogP contribution in [-0.4, -0.2) is 42.5 Å². The van der Waals surface area contributed by atoms with Gasteiger partial charge >= 0.3 is 11.9 Å². The molecular weight excluding hydrogens is 312 g/mol. The van der Waals surface area contributed by atoms with Crippen molar-refractivity contribution < 1.29 is 19.8 Å². The number of para-hydroxylation sites is 2.